The van der Waals surface area contributed by atoms with Gasteiger partial charge in [0.2, 0.25) is 0 Å². The first-order valence-corrected chi connectivity index (χ1v) is 7.86. The molecule has 0 amide bonds. The lowest BCUT2D eigenvalue weighted by atomic mass is 9.69. The van der Waals surface area contributed by atoms with Gasteiger partial charge in [0.25, 0.3) is 0 Å². The molecule has 0 unspecified atom stereocenters. The number of aliphatic hydroxyl groups is 1. The molecule has 0 aromatic carbocycles. The van der Waals surface area contributed by atoms with Gasteiger partial charge in [-0.3, -0.25) is 4.79 Å². The van der Waals surface area contributed by atoms with Crippen molar-refractivity contribution in [1.82, 2.24) is 0 Å². The zero-order valence-electron chi connectivity index (χ0n) is 12.6. The summed E-state index contributed by atoms with van der Waals surface area (Å²) in [5, 5.41) is 20.3. The molecule has 1 aliphatic rings. The highest BCUT2D eigenvalue weighted by molar-refractivity contribution is 5.75. The van der Waals surface area contributed by atoms with Crippen molar-refractivity contribution in [2.24, 2.45) is 5.41 Å². The second-order valence-corrected chi connectivity index (χ2v) is 6.64. The molecular formula is C16H30O3. The first kappa shape index (κ1) is 16.5. The minimum atomic E-state index is -1.06. The van der Waals surface area contributed by atoms with Crippen LogP contribution in [-0.4, -0.2) is 21.8 Å². The molecule has 3 nitrogen and oxygen atoms in total. The third-order valence-electron chi connectivity index (χ3n) is 4.88. The molecule has 0 aromatic rings. The van der Waals surface area contributed by atoms with E-state index in [1.807, 2.05) is 0 Å². The van der Waals surface area contributed by atoms with Crippen molar-refractivity contribution in [3.63, 3.8) is 0 Å². The van der Waals surface area contributed by atoms with Crippen LogP contribution >= 0.6 is 0 Å². The van der Waals surface area contributed by atoms with Gasteiger partial charge in [0.15, 0.2) is 0 Å². The van der Waals surface area contributed by atoms with Crippen LogP contribution in [0.5, 0.6) is 0 Å². The van der Waals surface area contributed by atoms with Crippen molar-refractivity contribution in [1.29, 1.82) is 0 Å². The Labute approximate surface area is 117 Å². The number of carboxylic acid groups (broad SMARTS) is 1. The largest absolute Gasteiger partial charge is 0.481 e. The summed E-state index contributed by atoms with van der Waals surface area (Å²) in [6.07, 6.45) is 11.6. The summed E-state index contributed by atoms with van der Waals surface area (Å²) in [6.45, 7) is 3.34. The molecule has 0 saturated heterocycles. The minimum absolute atomic E-state index is 0.617. The Balaban J connectivity index is 2.71. The van der Waals surface area contributed by atoms with Crippen molar-refractivity contribution in [3.8, 4) is 0 Å². The summed E-state index contributed by atoms with van der Waals surface area (Å²) in [6, 6.07) is 0. The van der Waals surface area contributed by atoms with Crippen molar-refractivity contribution >= 4 is 5.97 Å². The van der Waals surface area contributed by atoms with Crippen molar-refractivity contribution in [3.05, 3.63) is 0 Å². The molecule has 0 radical (unpaired) electrons. The number of carbonyl (C=O) groups is 1. The molecule has 1 aliphatic carbocycles. The molecule has 19 heavy (non-hydrogen) atoms. The van der Waals surface area contributed by atoms with E-state index in [1.165, 1.54) is 32.1 Å². The Hall–Kier alpha value is -0.570. The zero-order chi connectivity index (χ0) is 14.4. The maximum atomic E-state index is 11.4. The fraction of sp³-hybridized carbons (Fsp3) is 0.938. The van der Waals surface area contributed by atoms with Gasteiger partial charge in [-0.25, -0.2) is 0 Å². The molecule has 3 heteroatoms. The first-order valence-electron chi connectivity index (χ1n) is 7.86. The molecule has 1 fully saturated rings. The Morgan fingerprint density at radius 3 is 1.47 bits per heavy atom. The number of rotatable bonds is 2. The van der Waals surface area contributed by atoms with E-state index in [0.29, 0.717) is 12.8 Å². The van der Waals surface area contributed by atoms with Gasteiger partial charge in [-0.2, -0.15) is 0 Å². The van der Waals surface area contributed by atoms with Gasteiger partial charge < -0.3 is 10.2 Å². The van der Waals surface area contributed by atoms with Gasteiger partial charge in [0, 0.05) is 0 Å². The molecule has 0 heterocycles. The number of hydrogen-bond acceptors (Lipinski definition) is 2. The molecule has 112 valence electrons. The quantitative estimate of drug-likeness (QED) is 0.793. The lowest BCUT2D eigenvalue weighted by Gasteiger charge is -2.40. The molecule has 0 atom stereocenters. The summed E-state index contributed by atoms with van der Waals surface area (Å²) < 4.78 is 0. The average molecular weight is 270 g/mol. The van der Waals surface area contributed by atoms with Crippen LogP contribution < -0.4 is 0 Å². The van der Waals surface area contributed by atoms with Crippen LogP contribution in [0.15, 0.2) is 0 Å². The van der Waals surface area contributed by atoms with Gasteiger partial charge in [-0.15, -0.1) is 0 Å². The number of aliphatic carboxylic acids is 1. The predicted molar refractivity (Wildman–Crippen MR) is 77.2 cm³/mol. The van der Waals surface area contributed by atoms with E-state index in [9.17, 15) is 15.0 Å². The Bertz CT molecular complexity index is 272. The molecule has 0 aliphatic heterocycles. The van der Waals surface area contributed by atoms with Gasteiger partial charge in [-0.1, -0.05) is 57.8 Å². The van der Waals surface area contributed by atoms with Gasteiger partial charge in [0.05, 0.1) is 11.0 Å². The molecule has 1 saturated carbocycles. The van der Waals surface area contributed by atoms with Crippen molar-refractivity contribution < 1.29 is 15.0 Å². The third kappa shape index (κ3) is 4.48. The lowest BCUT2D eigenvalue weighted by Crippen LogP contribution is -2.49. The van der Waals surface area contributed by atoms with Crippen LogP contribution in [0.2, 0.25) is 0 Å². The van der Waals surface area contributed by atoms with Crippen molar-refractivity contribution in [2.45, 2.75) is 90.1 Å². The standard InChI is InChI=1S/C16H30O3/c1-15(2,14(17)18)16(19)12-10-8-6-4-3-5-7-9-11-13-16/h19H,3-13H2,1-2H3,(H,17,18). The Kier molecular flexibility index (Phi) is 6.31. The molecule has 0 aromatic heterocycles. The van der Waals surface area contributed by atoms with Crippen LogP contribution in [0.1, 0.15) is 84.5 Å². The maximum Gasteiger partial charge on any atom is 0.312 e. The Morgan fingerprint density at radius 1 is 0.842 bits per heavy atom. The maximum absolute atomic E-state index is 11.4. The van der Waals surface area contributed by atoms with E-state index in [4.69, 9.17) is 0 Å². The minimum Gasteiger partial charge on any atom is -0.481 e. The first-order chi connectivity index (χ1) is 8.90. The SMILES string of the molecule is CC(C)(C(=O)O)C1(O)CCCCCCCCCCC1. The number of hydrogen-bond donors (Lipinski definition) is 2. The van der Waals surface area contributed by atoms with E-state index in [1.54, 1.807) is 13.8 Å². The summed E-state index contributed by atoms with van der Waals surface area (Å²) in [7, 11) is 0. The summed E-state index contributed by atoms with van der Waals surface area (Å²) >= 11 is 0. The van der Waals surface area contributed by atoms with Crippen LogP contribution in [0.4, 0.5) is 0 Å². The highest BCUT2D eigenvalue weighted by Crippen LogP contribution is 2.40. The summed E-state index contributed by atoms with van der Waals surface area (Å²) in [4.78, 5) is 11.4. The highest BCUT2D eigenvalue weighted by Gasteiger charge is 2.47. The van der Waals surface area contributed by atoms with Gasteiger partial charge in [-0.05, 0) is 26.7 Å². The van der Waals surface area contributed by atoms with Crippen molar-refractivity contribution in [2.75, 3.05) is 0 Å². The number of carboxylic acids is 1. The van der Waals surface area contributed by atoms with E-state index in [2.05, 4.69) is 0 Å². The monoisotopic (exact) mass is 270 g/mol. The smallest absolute Gasteiger partial charge is 0.312 e. The van der Waals surface area contributed by atoms with Crippen LogP contribution in [0, 0.1) is 5.41 Å². The molecule has 0 bridgehead atoms. The zero-order valence-corrected chi connectivity index (χ0v) is 12.6. The molecule has 2 N–H and O–H groups in total. The average Bonchev–Trinajstić information content (AvgIpc) is 2.33. The fourth-order valence-corrected chi connectivity index (χ4v) is 3.02. The predicted octanol–water partition coefficient (Wildman–Crippen LogP) is 4.13. The molecular weight excluding hydrogens is 240 g/mol. The fourth-order valence-electron chi connectivity index (χ4n) is 3.02. The van der Waals surface area contributed by atoms with E-state index >= 15 is 0 Å². The lowest BCUT2D eigenvalue weighted by molar-refractivity contribution is -0.167. The van der Waals surface area contributed by atoms with Gasteiger partial charge >= 0.3 is 5.97 Å². The van der Waals surface area contributed by atoms with E-state index in [-0.39, 0.29) is 0 Å². The topological polar surface area (TPSA) is 57.5 Å². The van der Waals surface area contributed by atoms with Crippen LogP contribution in [-0.2, 0) is 4.79 Å². The van der Waals surface area contributed by atoms with Gasteiger partial charge in [0.1, 0.15) is 0 Å². The molecule has 1 rings (SSSR count). The summed E-state index contributed by atoms with van der Waals surface area (Å²) in [5.74, 6) is -0.887. The van der Waals surface area contributed by atoms with Crippen LogP contribution in [0.25, 0.3) is 0 Å². The normalized spacial score (nSPS) is 23.1. The Morgan fingerprint density at radius 2 is 1.16 bits per heavy atom. The summed E-state index contributed by atoms with van der Waals surface area (Å²) in [5.41, 5.74) is -2.12. The second-order valence-electron chi connectivity index (χ2n) is 6.64. The van der Waals surface area contributed by atoms with E-state index in [0.717, 1.165) is 25.7 Å². The van der Waals surface area contributed by atoms with Crippen LogP contribution in [0.3, 0.4) is 0 Å². The second kappa shape index (κ2) is 7.28. The van der Waals surface area contributed by atoms with E-state index < -0.39 is 17.0 Å². The molecule has 0 spiro atoms. The highest BCUT2D eigenvalue weighted by atomic mass is 16.4. The third-order valence-corrected chi connectivity index (χ3v) is 4.88.